The number of anilines is 1. The molecule has 1 aliphatic heterocycles. The van der Waals surface area contributed by atoms with E-state index in [1.54, 1.807) is 0 Å². The second-order valence-corrected chi connectivity index (χ2v) is 6.93. The van der Waals surface area contributed by atoms with Crippen molar-refractivity contribution in [3.63, 3.8) is 0 Å². The molecule has 2 aromatic carbocycles. The number of thiazole rings is 1. The van der Waals surface area contributed by atoms with Crippen LogP contribution in [0, 0.1) is 0 Å². The number of hydrogen-bond acceptors (Lipinski definition) is 5. The van der Waals surface area contributed by atoms with Crippen molar-refractivity contribution in [3.05, 3.63) is 60.2 Å². The van der Waals surface area contributed by atoms with Crippen molar-refractivity contribution in [2.45, 2.75) is 12.8 Å². The minimum atomic E-state index is -0.310. The zero-order valence-corrected chi connectivity index (χ0v) is 14.7. The van der Waals surface area contributed by atoms with E-state index in [-0.39, 0.29) is 18.4 Å². The molecule has 4 rings (SSSR count). The van der Waals surface area contributed by atoms with Crippen LogP contribution in [0.1, 0.15) is 18.4 Å². The fraction of sp³-hybridized carbons (Fsp3) is 0.158. The highest BCUT2D eigenvalue weighted by molar-refractivity contribution is 7.22. The minimum Gasteiger partial charge on any atom is -0.300 e. The zero-order valence-electron chi connectivity index (χ0n) is 13.9. The van der Waals surface area contributed by atoms with Crippen molar-refractivity contribution < 1.29 is 9.59 Å². The zero-order chi connectivity index (χ0) is 17.9. The molecule has 0 unspecified atom stereocenters. The Morgan fingerprint density at radius 2 is 1.85 bits per heavy atom. The first-order valence-electron chi connectivity index (χ1n) is 8.28. The number of nitrogens with one attached hydrogen (secondary N) is 1. The highest BCUT2D eigenvalue weighted by Crippen LogP contribution is 2.25. The lowest BCUT2D eigenvalue weighted by molar-refractivity contribution is -0.135. The van der Waals surface area contributed by atoms with Gasteiger partial charge in [0.25, 0.3) is 0 Å². The second-order valence-electron chi connectivity index (χ2n) is 5.90. The molecule has 3 aromatic rings. The summed E-state index contributed by atoms with van der Waals surface area (Å²) in [4.78, 5) is 28.8. The van der Waals surface area contributed by atoms with Crippen LogP contribution in [0.5, 0.6) is 0 Å². The molecule has 130 valence electrons. The van der Waals surface area contributed by atoms with Crippen LogP contribution >= 0.6 is 11.3 Å². The van der Waals surface area contributed by atoms with E-state index in [0.717, 1.165) is 21.5 Å². The third-order valence-corrected chi connectivity index (χ3v) is 5.00. The number of fused-ring (bicyclic) bond motifs is 1. The maximum Gasteiger partial charge on any atom is 0.248 e. The summed E-state index contributed by atoms with van der Waals surface area (Å²) in [6, 6.07) is 17.4. The molecule has 0 saturated heterocycles. The van der Waals surface area contributed by atoms with Crippen LogP contribution in [0.4, 0.5) is 5.13 Å². The lowest BCUT2D eigenvalue weighted by Gasteiger charge is -2.23. The Hall–Kier alpha value is -3.06. The van der Waals surface area contributed by atoms with Crippen molar-refractivity contribution in [2.24, 2.45) is 5.10 Å². The van der Waals surface area contributed by atoms with Crippen LogP contribution < -0.4 is 5.32 Å². The number of aromatic nitrogens is 1. The van der Waals surface area contributed by atoms with E-state index in [9.17, 15) is 9.59 Å². The van der Waals surface area contributed by atoms with E-state index in [1.165, 1.54) is 16.3 Å². The monoisotopic (exact) mass is 364 g/mol. The fourth-order valence-corrected chi connectivity index (χ4v) is 3.66. The number of carbonyl (C=O) groups is 2. The van der Waals surface area contributed by atoms with Crippen molar-refractivity contribution in [3.8, 4) is 0 Å². The average molecular weight is 364 g/mol. The number of benzene rings is 2. The molecule has 2 heterocycles. The van der Waals surface area contributed by atoms with E-state index in [1.807, 2.05) is 54.6 Å². The van der Waals surface area contributed by atoms with Crippen LogP contribution in [0.25, 0.3) is 10.2 Å². The Labute approximate surface area is 154 Å². The number of hydrogen-bond donors (Lipinski definition) is 1. The summed E-state index contributed by atoms with van der Waals surface area (Å²) in [6.07, 6.45) is 0.932. The number of nitrogens with zero attached hydrogens (tertiary/aromatic N) is 3. The first-order valence-corrected chi connectivity index (χ1v) is 9.09. The molecular weight excluding hydrogens is 348 g/mol. The minimum absolute atomic E-state index is 0.120. The molecule has 0 bridgehead atoms. The third kappa shape index (κ3) is 3.48. The van der Waals surface area contributed by atoms with Crippen LogP contribution in [-0.4, -0.2) is 34.1 Å². The molecule has 0 saturated carbocycles. The Morgan fingerprint density at radius 1 is 1.08 bits per heavy atom. The number of para-hydroxylation sites is 1. The molecule has 0 radical (unpaired) electrons. The standard InChI is InChI=1S/C19H16N4O2S/c24-17(21-19-20-15-8-4-5-9-16(15)26-19)12-23-18(25)11-10-14(22-23)13-6-2-1-3-7-13/h1-9H,10-12H2,(H,20,21,24). The van der Waals surface area contributed by atoms with Gasteiger partial charge in [0.2, 0.25) is 11.8 Å². The number of carbonyl (C=O) groups excluding carboxylic acids is 2. The van der Waals surface area contributed by atoms with Crippen molar-refractivity contribution in [1.29, 1.82) is 0 Å². The summed E-state index contributed by atoms with van der Waals surface area (Å²) in [7, 11) is 0. The van der Waals surface area contributed by atoms with Gasteiger partial charge in [0.05, 0.1) is 15.9 Å². The van der Waals surface area contributed by atoms with Gasteiger partial charge in [0, 0.05) is 12.8 Å². The molecule has 6 nitrogen and oxygen atoms in total. The molecule has 1 aliphatic rings. The maximum atomic E-state index is 12.3. The normalized spacial score (nSPS) is 14.4. The van der Waals surface area contributed by atoms with Gasteiger partial charge in [-0.05, 0) is 17.7 Å². The van der Waals surface area contributed by atoms with Crippen molar-refractivity contribution in [2.75, 3.05) is 11.9 Å². The molecule has 2 amide bonds. The largest absolute Gasteiger partial charge is 0.300 e. The predicted octanol–water partition coefficient (Wildman–Crippen LogP) is 3.26. The van der Waals surface area contributed by atoms with Gasteiger partial charge in [0.15, 0.2) is 5.13 Å². The number of amides is 2. The van der Waals surface area contributed by atoms with Crippen LogP contribution in [0.2, 0.25) is 0 Å². The van der Waals surface area contributed by atoms with Crippen LogP contribution in [0.15, 0.2) is 59.7 Å². The summed E-state index contributed by atoms with van der Waals surface area (Å²) < 4.78 is 1.00. The van der Waals surface area contributed by atoms with Crippen molar-refractivity contribution >= 4 is 44.2 Å². The lowest BCUT2D eigenvalue weighted by atomic mass is 10.0. The van der Waals surface area contributed by atoms with E-state index in [2.05, 4.69) is 15.4 Å². The molecular formula is C19H16N4O2S. The second kappa shape index (κ2) is 7.05. The third-order valence-electron chi connectivity index (χ3n) is 4.05. The molecule has 7 heteroatoms. The maximum absolute atomic E-state index is 12.3. The molecule has 0 spiro atoms. The molecule has 26 heavy (non-hydrogen) atoms. The Morgan fingerprint density at radius 3 is 2.65 bits per heavy atom. The molecule has 0 fully saturated rings. The topological polar surface area (TPSA) is 74.7 Å². The van der Waals surface area contributed by atoms with Gasteiger partial charge < -0.3 is 5.32 Å². The van der Waals surface area contributed by atoms with Crippen LogP contribution in [-0.2, 0) is 9.59 Å². The van der Waals surface area contributed by atoms with Gasteiger partial charge >= 0.3 is 0 Å². The summed E-state index contributed by atoms with van der Waals surface area (Å²) in [5, 5.41) is 8.90. The lowest BCUT2D eigenvalue weighted by Crippen LogP contribution is -2.37. The molecule has 0 aliphatic carbocycles. The van der Waals surface area contributed by atoms with Gasteiger partial charge in [-0.15, -0.1) is 0 Å². The quantitative estimate of drug-likeness (QED) is 0.772. The molecule has 0 atom stereocenters. The van der Waals surface area contributed by atoms with Crippen LogP contribution in [0.3, 0.4) is 0 Å². The van der Waals surface area contributed by atoms with Crippen molar-refractivity contribution in [1.82, 2.24) is 9.99 Å². The molecule has 1 N–H and O–H groups in total. The summed E-state index contributed by atoms with van der Waals surface area (Å²) in [5.41, 5.74) is 2.63. The first kappa shape index (κ1) is 16.4. The van der Waals surface area contributed by atoms with Gasteiger partial charge in [0.1, 0.15) is 6.54 Å². The predicted molar refractivity (Wildman–Crippen MR) is 102 cm³/mol. The van der Waals surface area contributed by atoms with Gasteiger partial charge in [-0.2, -0.15) is 5.10 Å². The van der Waals surface area contributed by atoms with E-state index < -0.39 is 0 Å². The Balaban J connectivity index is 1.48. The first-order chi connectivity index (χ1) is 12.7. The van der Waals surface area contributed by atoms with Gasteiger partial charge in [-0.3, -0.25) is 9.59 Å². The molecule has 1 aromatic heterocycles. The smallest absolute Gasteiger partial charge is 0.248 e. The Bertz CT molecular complexity index is 964. The van der Waals surface area contributed by atoms with E-state index in [4.69, 9.17) is 0 Å². The fourth-order valence-electron chi connectivity index (χ4n) is 2.78. The average Bonchev–Trinajstić information content (AvgIpc) is 3.06. The van der Waals surface area contributed by atoms with Gasteiger partial charge in [-0.25, -0.2) is 9.99 Å². The SMILES string of the molecule is O=C(CN1N=C(c2ccccc2)CCC1=O)Nc1nc2ccccc2s1. The summed E-state index contributed by atoms with van der Waals surface area (Å²) in [5.74, 6) is -0.459. The van der Waals surface area contributed by atoms with Gasteiger partial charge in [-0.1, -0.05) is 53.8 Å². The highest BCUT2D eigenvalue weighted by Gasteiger charge is 2.23. The highest BCUT2D eigenvalue weighted by atomic mass is 32.1. The summed E-state index contributed by atoms with van der Waals surface area (Å²) in [6.45, 7) is -0.120. The van der Waals surface area contributed by atoms with E-state index in [0.29, 0.717) is 18.0 Å². The number of hydrazone groups is 1. The Kier molecular flexibility index (Phi) is 4.45. The van der Waals surface area contributed by atoms with E-state index >= 15 is 0 Å². The number of rotatable bonds is 4. The summed E-state index contributed by atoms with van der Waals surface area (Å²) >= 11 is 1.40.